The first-order valence-corrected chi connectivity index (χ1v) is 15.6. The van der Waals surface area contributed by atoms with Crippen LogP contribution in [-0.4, -0.2) is 72.0 Å². The van der Waals surface area contributed by atoms with Gasteiger partial charge in [0.15, 0.2) is 6.61 Å². The van der Waals surface area contributed by atoms with Gasteiger partial charge in [0.25, 0.3) is 5.91 Å². The second kappa shape index (κ2) is 13.1. The molecule has 1 amide bonds. The lowest BCUT2D eigenvalue weighted by Crippen LogP contribution is -2.55. The van der Waals surface area contributed by atoms with Crippen LogP contribution < -0.4 is 15.0 Å². The molecule has 3 aliphatic rings. The first-order valence-electron chi connectivity index (χ1n) is 15.6. The molecule has 2 fully saturated rings. The SMILES string of the molecule is CC(C)Cc1nc(NC2CCN(C3COC3)C[C@@H]2C)c(C=N)c(-c2ccc3c(c2)OCC(=O)N3Cc2ncc(F)cc2F)c1C#N. The van der Waals surface area contributed by atoms with Crippen molar-refractivity contribution in [3.05, 3.63) is 64.6 Å². The number of amides is 1. The van der Waals surface area contributed by atoms with Crippen molar-refractivity contribution < 1.29 is 23.0 Å². The van der Waals surface area contributed by atoms with Gasteiger partial charge < -0.3 is 20.2 Å². The molecule has 2 N–H and O–H groups in total. The van der Waals surface area contributed by atoms with E-state index in [-0.39, 0.29) is 30.8 Å². The summed E-state index contributed by atoms with van der Waals surface area (Å²) in [5, 5.41) is 22.5. The van der Waals surface area contributed by atoms with E-state index in [4.69, 9.17) is 19.9 Å². The van der Waals surface area contributed by atoms with E-state index in [1.807, 2.05) is 0 Å². The molecule has 1 unspecified atom stereocenters. The number of pyridine rings is 2. The van der Waals surface area contributed by atoms with E-state index in [0.29, 0.717) is 63.6 Å². The van der Waals surface area contributed by atoms with Gasteiger partial charge in [-0.05, 0) is 42.4 Å². The molecule has 240 valence electrons. The highest BCUT2D eigenvalue weighted by Crippen LogP contribution is 2.41. The summed E-state index contributed by atoms with van der Waals surface area (Å²) in [6.07, 6.45) is 3.62. The Morgan fingerprint density at radius 1 is 1.24 bits per heavy atom. The summed E-state index contributed by atoms with van der Waals surface area (Å²) in [7, 11) is 0. The standard InChI is InChI=1S/C34H37F2N7O3/c1-19(2)8-28-24(11-37)33(25(12-38)34(41-28)40-27-6-7-42(14-20(27)3)23-16-45-17-23)21-4-5-30-31(9-21)46-18-32(44)43(30)15-29-26(36)10-22(35)13-39-29/h4-5,9-10,12-13,19-20,23,27,38H,6-8,14-18H2,1-3H3,(H,40,41)/t20-,27?/m0/s1. The largest absolute Gasteiger partial charge is 0.482 e. The van der Waals surface area contributed by atoms with E-state index in [9.17, 15) is 18.8 Å². The average molecular weight is 630 g/mol. The number of nitrogens with zero attached hydrogens (tertiary/aromatic N) is 5. The number of halogens is 2. The number of hydrogen-bond donors (Lipinski definition) is 2. The summed E-state index contributed by atoms with van der Waals surface area (Å²) in [6.45, 7) is 9.29. The summed E-state index contributed by atoms with van der Waals surface area (Å²) in [5.41, 5.74) is 3.02. The lowest BCUT2D eigenvalue weighted by Gasteiger charge is -2.44. The predicted octanol–water partition coefficient (Wildman–Crippen LogP) is 4.94. The van der Waals surface area contributed by atoms with Crippen LogP contribution in [0.4, 0.5) is 20.3 Å². The maximum absolute atomic E-state index is 14.4. The number of ether oxygens (including phenoxy) is 2. The summed E-state index contributed by atoms with van der Waals surface area (Å²) >= 11 is 0. The van der Waals surface area contributed by atoms with E-state index in [1.165, 1.54) is 11.1 Å². The first kappa shape index (κ1) is 31.5. The number of carbonyl (C=O) groups excluding carboxylic acids is 1. The van der Waals surface area contributed by atoms with Crippen LogP contribution in [0.25, 0.3) is 11.1 Å². The Morgan fingerprint density at radius 3 is 2.70 bits per heavy atom. The Bertz CT molecular complexity index is 1700. The number of nitriles is 1. The molecule has 0 spiro atoms. The quantitative estimate of drug-likeness (QED) is 0.319. The molecule has 5 heterocycles. The molecule has 10 nitrogen and oxygen atoms in total. The van der Waals surface area contributed by atoms with Crippen molar-refractivity contribution in [2.75, 3.05) is 43.1 Å². The van der Waals surface area contributed by atoms with Gasteiger partial charge in [0.05, 0.1) is 54.6 Å². The zero-order valence-corrected chi connectivity index (χ0v) is 26.1. The van der Waals surface area contributed by atoms with Crippen LogP contribution >= 0.6 is 0 Å². The Balaban J connectivity index is 1.38. The number of aromatic nitrogens is 2. The molecule has 3 aromatic rings. The number of anilines is 2. The van der Waals surface area contributed by atoms with Gasteiger partial charge >= 0.3 is 0 Å². The molecule has 2 atom stereocenters. The molecule has 0 bridgehead atoms. The van der Waals surface area contributed by atoms with Gasteiger partial charge in [-0.1, -0.05) is 26.8 Å². The van der Waals surface area contributed by atoms with Gasteiger partial charge in [0.2, 0.25) is 0 Å². The molecule has 6 rings (SSSR count). The van der Waals surface area contributed by atoms with Crippen molar-refractivity contribution in [2.45, 2.75) is 52.2 Å². The van der Waals surface area contributed by atoms with Gasteiger partial charge in [-0.2, -0.15) is 5.26 Å². The number of piperidine rings is 1. The number of likely N-dealkylation sites (tertiary alicyclic amines) is 1. The van der Waals surface area contributed by atoms with Gasteiger partial charge in [-0.15, -0.1) is 0 Å². The Hall–Kier alpha value is -4.47. The smallest absolute Gasteiger partial charge is 0.265 e. The third-order valence-corrected chi connectivity index (χ3v) is 8.95. The summed E-state index contributed by atoms with van der Waals surface area (Å²) in [4.78, 5) is 25.5. The lowest BCUT2D eigenvalue weighted by atomic mass is 9.90. The third-order valence-electron chi connectivity index (χ3n) is 8.95. The molecule has 2 saturated heterocycles. The molecular formula is C34H37F2N7O3. The summed E-state index contributed by atoms with van der Waals surface area (Å²) < 4.78 is 39.1. The molecule has 0 saturated carbocycles. The number of nitrogens with one attached hydrogen (secondary N) is 2. The average Bonchev–Trinajstić information content (AvgIpc) is 2.99. The van der Waals surface area contributed by atoms with Crippen LogP contribution in [0.5, 0.6) is 5.75 Å². The van der Waals surface area contributed by atoms with Crippen LogP contribution in [0.15, 0.2) is 30.5 Å². The number of hydrogen-bond acceptors (Lipinski definition) is 9. The molecule has 0 radical (unpaired) electrons. The molecular weight excluding hydrogens is 592 g/mol. The highest BCUT2D eigenvalue weighted by Gasteiger charge is 2.34. The monoisotopic (exact) mass is 629 g/mol. The van der Waals surface area contributed by atoms with Crippen LogP contribution in [0.1, 0.15) is 49.7 Å². The minimum atomic E-state index is -0.849. The normalized spacial score (nSPS) is 20.1. The van der Waals surface area contributed by atoms with Crippen LogP contribution in [-0.2, 0) is 22.5 Å². The molecule has 0 aliphatic carbocycles. The van der Waals surface area contributed by atoms with Gasteiger partial charge in [-0.25, -0.2) is 13.8 Å². The van der Waals surface area contributed by atoms with Crippen molar-refractivity contribution in [1.29, 1.82) is 10.7 Å². The second-order valence-corrected chi connectivity index (χ2v) is 12.7. The van der Waals surface area contributed by atoms with E-state index >= 15 is 0 Å². The van der Waals surface area contributed by atoms with Crippen molar-refractivity contribution >= 4 is 23.6 Å². The van der Waals surface area contributed by atoms with Crippen LogP contribution in [0, 0.1) is 40.2 Å². The van der Waals surface area contributed by atoms with Crippen LogP contribution in [0.3, 0.4) is 0 Å². The van der Waals surface area contributed by atoms with E-state index in [2.05, 4.69) is 42.0 Å². The maximum Gasteiger partial charge on any atom is 0.265 e. The second-order valence-electron chi connectivity index (χ2n) is 12.7. The Kier molecular flexibility index (Phi) is 8.97. The van der Waals surface area contributed by atoms with E-state index in [1.54, 1.807) is 18.2 Å². The fourth-order valence-corrected chi connectivity index (χ4v) is 6.43. The molecule has 1 aromatic carbocycles. The first-order chi connectivity index (χ1) is 22.2. The summed E-state index contributed by atoms with van der Waals surface area (Å²) in [5.74, 6) is -0.584. The highest BCUT2D eigenvalue weighted by molar-refractivity contribution is 6.00. The number of fused-ring (bicyclic) bond motifs is 1. The van der Waals surface area contributed by atoms with Crippen molar-refractivity contribution in [2.24, 2.45) is 11.8 Å². The molecule has 3 aliphatic heterocycles. The topological polar surface area (TPSA) is 127 Å². The van der Waals surface area contributed by atoms with Gasteiger partial charge in [-0.3, -0.25) is 19.6 Å². The number of rotatable bonds is 9. The van der Waals surface area contributed by atoms with E-state index in [0.717, 1.165) is 45.0 Å². The zero-order valence-electron chi connectivity index (χ0n) is 26.1. The van der Waals surface area contributed by atoms with Crippen LogP contribution in [0.2, 0.25) is 0 Å². The highest BCUT2D eigenvalue weighted by atomic mass is 19.1. The lowest BCUT2D eigenvalue weighted by molar-refractivity contribution is -0.121. The fourth-order valence-electron chi connectivity index (χ4n) is 6.43. The molecule has 2 aromatic heterocycles. The molecule has 46 heavy (non-hydrogen) atoms. The zero-order chi connectivity index (χ0) is 32.5. The van der Waals surface area contributed by atoms with E-state index < -0.39 is 17.5 Å². The van der Waals surface area contributed by atoms with Gasteiger partial charge in [0.1, 0.15) is 29.3 Å². The minimum Gasteiger partial charge on any atom is -0.482 e. The number of benzene rings is 1. The van der Waals surface area contributed by atoms with Crippen molar-refractivity contribution in [1.82, 2.24) is 14.9 Å². The van der Waals surface area contributed by atoms with Crippen molar-refractivity contribution in [3.8, 4) is 22.9 Å². The van der Waals surface area contributed by atoms with Crippen molar-refractivity contribution in [3.63, 3.8) is 0 Å². The maximum atomic E-state index is 14.4. The van der Waals surface area contributed by atoms with Gasteiger partial charge in [0, 0.05) is 42.5 Å². The Morgan fingerprint density at radius 2 is 2.04 bits per heavy atom. The predicted molar refractivity (Wildman–Crippen MR) is 169 cm³/mol. The fraction of sp³-hybridized carbons (Fsp3) is 0.441. The Labute approximate surface area is 266 Å². The minimum absolute atomic E-state index is 0.0752. The molecule has 12 heteroatoms. The number of carbonyl (C=O) groups is 1. The third kappa shape index (κ3) is 6.17. The summed E-state index contributed by atoms with van der Waals surface area (Å²) in [6, 6.07) is 8.86.